The lowest BCUT2D eigenvalue weighted by molar-refractivity contribution is -0.125. The number of cyclic esters (lactones) is 1. The van der Waals surface area contributed by atoms with Gasteiger partial charge in [-0.1, -0.05) is 36.4 Å². The third-order valence-corrected chi connectivity index (χ3v) is 4.01. The van der Waals surface area contributed by atoms with Crippen LogP contribution in [0.3, 0.4) is 0 Å². The Labute approximate surface area is 152 Å². The van der Waals surface area contributed by atoms with E-state index in [2.05, 4.69) is 0 Å². The quantitative estimate of drug-likeness (QED) is 0.728. The number of hydrogen-bond acceptors (Lipinski definition) is 5. The highest BCUT2D eigenvalue weighted by Gasteiger charge is 2.30. The van der Waals surface area contributed by atoms with Gasteiger partial charge in [-0.15, -0.1) is 0 Å². The van der Waals surface area contributed by atoms with Crippen molar-refractivity contribution in [1.29, 1.82) is 0 Å². The molecule has 0 saturated carbocycles. The summed E-state index contributed by atoms with van der Waals surface area (Å²) in [5, 5.41) is 0. The van der Waals surface area contributed by atoms with Crippen LogP contribution in [0.15, 0.2) is 48.5 Å². The summed E-state index contributed by atoms with van der Waals surface area (Å²) in [6.07, 6.45) is -0.0530. The second-order valence-electron chi connectivity index (χ2n) is 5.84. The standard InChI is InChI=1S/C20H21NO5/c1-2-24-18-12-15(10-11-21-19(22)14-26-20(21)23)8-9-17(18)25-13-16-6-4-3-5-7-16/h3-9,12H,2,10-11,13-14H2,1H3. The molecule has 2 amide bonds. The number of ether oxygens (including phenoxy) is 3. The summed E-state index contributed by atoms with van der Waals surface area (Å²) < 4.78 is 16.3. The molecule has 1 saturated heterocycles. The van der Waals surface area contributed by atoms with Crippen LogP contribution in [-0.2, 0) is 22.6 Å². The van der Waals surface area contributed by atoms with Crippen LogP contribution in [-0.4, -0.2) is 36.7 Å². The van der Waals surface area contributed by atoms with Gasteiger partial charge in [0.1, 0.15) is 6.61 Å². The maximum absolute atomic E-state index is 11.6. The van der Waals surface area contributed by atoms with E-state index in [-0.39, 0.29) is 19.1 Å². The second-order valence-corrected chi connectivity index (χ2v) is 5.84. The summed E-state index contributed by atoms with van der Waals surface area (Å²) in [4.78, 5) is 24.2. The number of carbonyl (C=O) groups excluding carboxylic acids is 2. The molecule has 1 aliphatic rings. The van der Waals surface area contributed by atoms with Gasteiger partial charge in [-0.3, -0.25) is 4.79 Å². The molecule has 1 fully saturated rings. The highest BCUT2D eigenvalue weighted by atomic mass is 16.6. The Hall–Kier alpha value is -3.02. The monoisotopic (exact) mass is 355 g/mol. The molecule has 6 heteroatoms. The first-order valence-corrected chi connectivity index (χ1v) is 8.57. The van der Waals surface area contributed by atoms with Gasteiger partial charge in [0.05, 0.1) is 6.61 Å². The van der Waals surface area contributed by atoms with E-state index in [1.165, 1.54) is 0 Å². The first-order valence-electron chi connectivity index (χ1n) is 8.57. The Morgan fingerprint density at radius 3 is 2.50 bits per heavy atom. The predicted octanol–water partition coefficient (Wildman–Crippen LogP) is 3.19. The number of imide groups is 1. The molecule has 26 heavy (non-hydrogen) atoms. The van der Waals surface area contributed by atoms with Gasteiger partial charge >= 0.3 is 6.09 Å². The van der Waals surface area contributed by atoms with Crippen LogP contribution in [0.4, 0.5) is 4.79 Å². The third kappa shape index (κ3) is 4.33. The fourth-order valence-electron chi connectivity index (χ4n) is 2.67. The van der Waals surface area contributed by atoms with Crippen molar-refractivity contribution in [3.63, 3.8) is 0 Å². The fraction of sp³-hybridized carbons (Fsp3) is 0.300. The Morgan fingerprint density at radius 1 is 1.00 bits per heavy atom. The SMILES string of the molecule is CCOc1cc(CCN2C(=O)COC2=O)ccc1OCc1ccccc1. The van der Waals surface area contributed by atoms with Gasteiger partial charge in [-0.05, 0) is 36.6 Å². The fourth-order valence-corrected chi connectivity index (χ4v) is 2.67. The molecule has 2 aromatic carbocycles. The molecule has 1 heterocycles. The van der Waals surface area contributed by atoms with E-state index in [4.69, 9.17) is 14.2 Å². The minimum absolute atomic E-state index is 0.171. The van der Waals surface area contributed by atoms with Crippen LogP contribution in [0, 0.1) is 0 Å². The average Bonchev–Trinajstić information content (AvgIpc) is 2.98. The molecular weight excluding hydrogens is 334 g/mol. The van der Waals surface area contributed by atoms with E-state index < -0.39 is 6.09 Å². The zero-order valence-corrected chi connectivity index (χ0v) is 14.6. The van der Waals surface area contributed by atoms with E-state index in [0.717, 1.165) is 16.0 Å². The molecule has 0 atom stereocenters. The van der Waals surface area contributed by atoms with Crippen molar-refractivity contribution in [3.8, 4) is 11.5 Å². The molecule has 0 radical (unpaired) electrons. The largest absolute Gasteiger partial charge is 0.490 e. The van der Waals surface area contributed by atoms with Gasteiger partial charge in [-0.2, -0.15) is 0 Å². The molecule has 2 aromatic rings. The lowest BCUT2D eigenvalue weighted by atomic mass is 10.1. The minimum atomic E-state index is -0.581. The first kappa shape index (κ1) is 17.8. The molecule has 3 rings (SSSR count). The second kappa shape index (κ2) is 8.38. The van der Waals surface area contributed by atoms with Gasteiger partial charge in [-0.25, -0.2) is 9.69 Å². The maximum Gasteiger partial charge on any atom is 0.417 e. The van der Waals surface area contributed by atoms with Crippen LogP contribution in [0.5, 0.6) is 11.5 Å². The average molecular weight is 355 g/mol. The molecule has 136 valence electrons. The van der Waals surface area contributed by atoms with E-state index in [1.54, 1.807) is 0 Å². The first-order chi connectivity index (χ1) is 12.7. The number of rotatable bonds is 8. The van der Waals surface area contributed by atoms with Crippen LogP contribution >= 0.6 is 0 Å². The van der Waals surface area contributed by atoms with Gasteiger partial charge in [0.25, 0.3) is 5.91 Å². The normalized spacial score (nSPS) is 13.7. The molecule has 0 unspecified atom stereocenters. The summed E-state index contributed by atoms with van der Waals surface area (Å²) in [6.45, 7) is 2.99. The van der Waals surface area contributed by atoms with Gasteiger partial charge < -0.3 is 14.2 Å². The Morgan fingerprint density at radius 2 is 1.81 bits per heavy atom. The molecule has 0 bridgehead atoms. The van der Waals surface area contributed by atoms with E-state index in [0.29, 0.717) is 31.1 Å². The lowest BCUT2D eigenvalue weighted by Crippen LogP contribution is -2.31. The maximum atomic E-state index is 11.6. The summed E-state index contributed by atoms with van der Waals surface area (Å²) in [5.74, 6) is 1.01. The van der Waals surface area contributed by atoms with Crippen molar-refractivity contribution in [2.45, 2.75) is 20.0 Å². The molecule has 6 nitrogen and oxygen atoms in total. The van der Waals surface area contributed by atoms with Gasteiger partial charge in [0.15, 0.2) is 18.1 Å². The van der Waals surface area contributed by atoms with E-state index >= 15 is 0 Å². The van der Waals surface area contributed by atoms with Crippen LogP contribution < -0.4 is 9.47 Å². The minimum Gasteiger partial charge on any atom is -0.490 e. The van der Waals surface area contributed by atoms with Crippen LogP contribution in [0.1, 0.15) is 18.1 Å². The van der Waals surface area contributed by atoms with Crippen molar-refractivity contribution in [2.24, 2.45) is 0 Å². The highest BCUT2D eigenvalue weighted by molar-refractivity contribution is 5.97. The molecule has 0 spiro atoms. The Bertz CT molecular complexity index is 759. The van der Waals surface area contributed by atoms with E-state index in [9.17, 15) is 9.59 Å². The van der Waals surface area contributed by atoms with Crippen molar-refractivity contribution in [2.75, 3.05) is 19.8 Å². The molecule has 0 N–H and O–H groups in total. The highest BCUT2D eigenvalue weighted by Crippen LogP contribution is 2.29. The van der Waals surface area contributed by atoms with Gasteiger partial charge in [0, 0.05) is 6.54 Å². The summed E-state index contributed by atoms with van der Waals surface area (Å²) in [6, 6.07) is 15.6. The molecule has 1 aliphatic heterocycles. The summed E-state index contributed by atoms with van der Waals surface area (Å²) >= 11 is 0. The van der Waals surface area contributed by atoms with Crippen molar-refractivity contribution >= 4 is 12.0 Å². The Kier molecular flexibility index (Phi) is 5.73. The van der Waals surface area contributed by atoms with E-state index in [1.807, 2.05) is 55.5 Å². The molecule has 0 aromatic heterocycles. The topological polar surface area (TPSA) is 65.1 Å². The van der Waals surface area contributed by atoms with Crippen LogP contribution in [0.25, 0.3) is 0 Å². The molecular formula is C20H21NO5. The Balaban J connectivity index is 1.65. The zero-order chi connectivity index (χ0) is 18.4. The number of nitrogens with zero attached hydrogens (tertiary/aromatic N) is 1. The lowest BCUT2D eigenvalue weighted by Gasteiger charge is -2.15. The summed E-state index contributed by atoms with van der Waals surface area (Å²) in [7, 11) is 0. The zero-order valence-electron chi connectivity index (χ0n) is 14.6. The van der Waals surface area contributed by atoms with Crippen molar-refractivity contribution < 1.29 is 23.8 Å². The third-order valence-electron chi connectivity index (χ3n) is 4.01. The summed E-state index contributed by atoms with van der Waals surface area (Å²) in [5.41, 5.74) is 2.03. The number of hydrogen-bond donors (Lipinski definition) is 0. The smallest absolute Gasteiger partial charge is 0.417 e. The van der Waals surface area contributed by atoms with Crippen molar-refractivity contribution in [3.05, 3.63) is 59.7 Å². The number of amides is 2. The van der Waals surface area contributed by atoms with Crippen molar-refractivity contribution in [1.82, 2.24) is 4.90 Å². The van der Waals surface area contributed by atoms with Crippen LogP contribution in [0.2, 0.25) is 0 Å². The number of carbonyl (C=O) groups is 2. The predicted molar refractivity (Wildman–Crippen MR) is 95.2 cm³/mol. The van der Waals surface area contributed by atoms with Gasteiger partial charge in [0.2, 0.25) is 0 Å². The number of benzene rings is 2. The molecule has 0 aliphatic carbocycles.